The summed E-state index contributed by atoms with van der Waals surface area (Å²) >= 11 is 0. The third kappa shape index (κ3) is 2.88. The summed E-state index contributed by atoms with van der Waals surface area (Å²) < 4.78 is 1.58. The Kier molecular flexibility index (Phi) is 3.75. The number of benzene rings is 1. The molecule has 0 bridgehead atoms. The molecule has 0 radical (unpaired) electrons. The molecule has 0 N–H and O–H groups in total. The molecule has 98 valence electrons. The van der Waals surface area contributed by atoms with E-state index in [9.17, 15) is 14.9 Å². The summed E-state index contributed by atoms with van der Waals surface area (Å²) in [7, 11) is 0. The van der Waals surface area contributed by atoms with Gasteiger partial charge in [0.1, 0.15) is 0 Å². The minimum absolute atomic E-state index is 0.0546. The first-order chi connectivity index (χ1) is 9.09. The second-order valence-electron chi connectivity index (χ2n) is 4.33. The molecule has 0 unspecified atom stereocenters. The summed E-state index contributed by atoms with van der Waals surface area (Å²) in [5, 5.41) is 10.9. The molecule has 19 heavy (non-hydrogen) atoms. The van der Waals surface area contributed by atoms with Gasteiger partial charge in [0, 0.05) is 29.9 Å². The molecule has 0 spiro atoms. The van der Waals surface area contributed by atoms with Crippen molar-refractivity contribution in [1.29, 1.82) is 0 Å². The highest BCUT2D eigenvalue weighted by atomic mass is 16.6. The molecule has 5 heteroatoms. The van der Waals surface area contributed by atoms with Crippen LogP contribution in [0.4, 0.5) is 5.69 Å². The van der Waals surface area contributed by atoms with Crippen LogP contribution in [-0.2, 0) is 13.0 Å². The normalized spacial score (nSPS) is 10.4. The van der Waals surface area contributed by atoms with Crippen LogP contribution in [0, 0.1) is 17.0 Å². The van der Waals surface area contributed by atoms with E-state index in [-0.39, 0.29) is 11.2 Å². The summed E-state index contributed by atoms with van der Waals surface area (Å²) in [6, 6.07) is 10.2. The smallest absolute Gasteiger partial charge is 0.272 e. The van der Waals surface area contributed by atoms with E-state index in [2.05, 4.69) is 0 Å². The average Bonchev–Trinajstić information content (AvgIpc) is 2.40. The van der Waals surface area contributed by atoms with Gasteiger partial charge in [0.2, 0.25) is 0 Å². The van der Waals surface area contributed by atoms with Gasteiger partial charge in [-0.2, -0.15) is 0 Å². The van der Waals surface area contributed by atoms with Crippen LogP contribution >= 0.6 is 0 Å². The fourth-order valence-corrected chi connectivity index (χ4v) is 1.97. The zero-order chi connectivity index (χ0) is 13.8. The Labute approximate surface area is 110 Å². The van der Waals surface area contributed by atoms with E-state index < -0.39 is 4.92 Å². The lowest BCUT2D eigenvalue weighted by molar-refractivity contribution is -0.385. The zero-order valence-electron chi connectivity index (χ0n) is 10.6. The maximum atomic E-state index is 11.8. The van der Waals surface area contributed by atoms with Crippen molar-refractivity contribution in [2.75, 3.05) is 0 Å². The molecule has 0 saturated carbocycles. The number of nitro groups is 1. The molecular weight excluding hydrogens is 244 g/mol. The second kappa shape index (κ2) is 5.48. The monoisotopic (exact) mass is 258 g/mol. The van der Waals surface area contributed by atoms with Gasteiger partial charge < -0.3 is 4.57 Å². The Bertz CT molecular complexity index is 662. The van der Waals surface area contributed by atoms with Crippen molar-refractivity contribution in [3.63, 3.8) is 0 Å². The average molecular weight is 258 g/mol. The molecule has 0 atom stereocenters. The van der Waals surface area contributed by atoms with E-state index in [0.717, 1.165) is 0 Å². The maximum Gasteiger partial charge on any atom is 0.272 e. The highest BCUT2D eigenvalue weighted by Crippen LogP contribution is 2.18. The van der Waals surface area contributed by atoms with Gasteiger partial charge in [-0.1, -0.05) is 24.3 Å². The quantitative estimate of drug-likeness (QED) is 0.624. The molecule has 0 aliphatic carbocycles. The zero-order valence-corrected chi connectivity index (χ0v) is 10.6. The molecule has 0 aliphatic heterocycles. The van der Waals surface area contributed by atoms with E-state index in [1.54, 1.807) is 48.0 Å². The molecule has 1 aromatic heterocycles. The Morgan fingerprint density at radius 2 is 1.95 bits per heavy atom. The van der Waals surface area contributed by atoms with Crippen molar-refractivity contribution in [2.24, 2.45) is 0 Å². The van der Waals surface area contributed by atoms with Gasteiger partial charge in [-0.25, -0.2) is 0 Å². The Hall–Kier alpha value is -2.43. The number of nitrogens with zero attached hydrogens (tertiary/aromatic N) is 2. The maximum absolute atomic E-state index is 11.8. The van der Waals surface area contributed by atoms with Crippen LogP contribution in [0.2, 0.25) is 0 Å². The molecule has 1 aromatic carbocycles. The summed E-state index contributed by atoms with van der Waals surface area (Å²) in [5.41, 5.74) is 1.36. The molecular formula is C14H14N2O3. The Balaban J connectivity index is 2.22. The number of rotatable bonds is 4. The van der Waals surface area contributed by atoms with Gasteiger partial charge in [0.25, 0.3) is 11.2 Å². The first-order valence-electron chi connectivity index (χ1n) is 5.98. The fraction of sp³-hybridized carbons (Fsp3) is 0.214. The Morgan fingerprint density at radius 3 is 2.68 bits per heavy atom. The first-order valence-corrected chi connectivity index (χ1v) is 5.98. The van der Waals surface area contributed by atoms with Gasteiger partial charge >= 0.3 is 0 Å². The summed E-state index contributed by atoms with van der Waals surface area (Å²) in [4.78, 5) is 22.3. The number of aromatic nitrogens is 1. The van der Waals surface area contributed by atoms with Gasteiger partial charge in [-0.15, -0.1) is 0 Å². The van der Waals surface area contributed by atoms with Crippen LogP contribution in [0.25, 0.3) is 0 Å². The fourth-order valence-electron chi connectivity index (χ4n) is 1.97. The topological polar surface area (TPSA) is 65.1 Å². The minimum atomic E-state index is -0.394. The van der Waals surface area contributed by atoms with Crippen LogP contribution in [0.1, 0.15) is 11.1 Å². The highest BCUT2D eigenvalue weighted by Gasteiger charge is 2.12. The molecule has 0 saturated heterocycles. The number of nitro benzene ring substituents is 1. The van der Waals surface area contributed by atoms with Crippen LogP contribution in [0.5, 0.6) is 0 Å². The van der Waals surface area contributed by atoms with Crippen molar-refractivity contribution in [3.05, 3.63) is 74.2 Å². The van der Waals surface area contributed by atoms with Crippen LogP contribution in [0.15, 0.2) is 47.4 Å². The third-order valence-corrected chi connectivity index (χ3v) is 3.02. The molecule has 2 rings (SSSR count). The van der Waals surface area contributed by atoms with E-state index >= 15 is 0 Å². The van der Waals surface area contributed by atoms with Gasteiger partial charge in [0.15, 0.2) is 0 Å². The number of hydrogen-bond donors (Lipinski definition) is 0. The standard InChI is InChI=1S/C14H14N2O3/c1-11-5-4-9-15(14(11)17)10-8-12-6-2-3-7-13(12)16(18)19/h2-7,9H,8,10H2,1H3. The van der Waals surface area contributed by atoms with Crippen molar-refractivity contribution >= 4 is 5.69 Å². The van der Waals surface area contributed by atoms with Crippen molar-refractivity contribution in [2.45, 2.75) is 19.9 Å². The molecule has 0 fully saturated rings. The van der Waals surface area contributed by atoms with Gasteiger partial charge in [-0.05, 0) is 19.4 Å². The van der Waals surface area contributed by atoms with Crippen molar-refractivity contribution < 1.29 is 4.92 Å². The molecule has 5 nitrogen and oxygen atoms in total. The lowest BCUT2D eigenvalue weighted by Crippen LogP contribution is -2.22. The van der Waals surface area contributed by atoms with E-state index in [1.807, 2.05) is 0 Å². The lowest BCUT2D eigenvalue weighted by atomic mass is 10.1. The van der Waals surface area contributed by atoms with Crippen molar-refractivity contribution in [1.82, 2.24) is 4.57 Å². The number of aryl methyl sites for hydroxylation is 3. The largest absolute Gasteiger partial charge is 0.315 e. The number of pyridine rings is 1. The number of para-hydroxylation sites is 1. The van der Waals surface area contributed by atoms with Crippen LogP contribution in [-0.4, -0.2) is 9.49 Å². The lowest BCUT2D eigenvalue weighted by Gasteiger charge is -2.06. The predicted octanol–water partition coefficient (Wildman–Crippen LogP) is 2.31. The summed E-state index contributed by atoms with van der Waals surface area (Å²) in [6.45, 7) is 2.19. The van der Waals surface area contributed by atoms with Gasteiger partial charge in [0.05, 0.1) is 4.92 Å². The molecule has 0 aliphatic rings. The molecule has 2 aromatic rings. The summed E-state index contributed by atoms with van der Waals surface area (Å²) in [5.74, 6) is 0. The third-order valence-electron chi connectivity index (χ3n) is 3.02. The van der Waals surface area contributed by atoms with Gasteiger partial charge in [-0.3, -0.25) is 14.9 Å². The highest BCUT2D eigenvalue weighted by molar-refractivity contribution is 5.39. The SMILES string of the molecule is Cc1cccn(CCc2ccccc2[N+](=O)[O-])c1=O. The van der Waals surface area contributed by atoms with Crippen LogP contribution < -0.4 is 5.56 Å². The van der Waals surface area contributed by atoms with Crippen molar-refractivity contribution in [3.8, 4) is 0 Å². The van der Waals surface area contributed by atoms with E-state index in [4.69, 9.17) is 0 Å². The Morgan fingerprint density at radius 1 is 1.21 bits per heavy atom. The first kappa shape index (κ1) is 13.0. The van der Waals surface area contributed by atoms with E-state index in [1.165, 1.54) is 6.07 Å². The van der Waals surface area contributed by atoms with Crippen LogP contribution in [0.3, 0.4) is 0 Å². The predicted molar refractivity (Wildman–Crippen MR) is 72.2 cm³/mol. The molecule has 0 amide bonds. The van der Waals surface area contributed by atoms with E-state index in [0.29, 0.717) is 24.1 Å². The second-order valence-corrected chi connectivity index (χ2v) is 4.33. The molecule has 1 heterocycles. The minimum Gasteiger partial charge on any atom is -0.315 e. The summed E-state index contributed by atoms with van der Waals surface area (Å²) in [6.07, 6.45) is 2.16. The number of hydrogen-bond acceptors (Lipinski definition) is 3.